The van der Waals surface area contributed by atoms with E-state index in [-0.39, 0.29) is 36.7 Å². The molecular formula is C24H32N6O5. The number of aromatic nitrogens is 1. The van der Waals surface area contributed by atoms with Crippen molar-refractivity contribution in [3.63, 3.8) is 0 Å². The van der Waals surface area contributed by atoms with Gasteiger partial charge in [-0.05, 0) is 49.3 Å². The first-order chi connectivity index (χ1) is 16.8. The van der Waals surface area contributed by atoms with Gasteiger partial charge < -0.3 is 25.6 Å². The van der Waals surface area contributed by atoms with Crippen molar-refractivity contribution in [3.8, 4) is 6.07 Å². The second-order valence-electron chi connectivity index (χ2n) is 9.19. The Kier molecular flexibility index (Phi) is 9.00. The van der Waals surface area contributed by atoms with Crippen LogP contribution in [0.2, 0.25) is 0 Å². The van der Waals surface area contributed by atoms with Gasteiger partial charge in [0.1, 0.15) is 24.7 Å². The number of ether oxygens (including phenoxy) is 1. The topological polar surface area (TPSA) is 154 Å². The Morgan fingerprint density at radius 3 is 2.63 bits per heavy atom. The van der Waals surface area contributed by atoms with Crippen LogP contribution in [0.4, 0.5) is 4.79 Å². The predicted octanol–water partition coefficient (Wildman–Crippen LogP) is 0.858. The number of carbonyl (C=O) groups is 4. The molecule has 0 saturated carbocycles. The number of nitrogens with zero attached hydrogens (tertiary/aromatic N) is 3. The Labute approximate surface area is 204 Å². The highest BCUT2D eigenvalue weighted by Crippen LogP contribution is 2.22. The first-order valence-electron chi connectivity index (χ1n) is 11.9. The molecule has 0 radical (unpaired) electrons. The molecule has 3 N–H and O–H groups in total. The maximum atomic E-state index is 13.3. The summed E-state index contributed by atoms with van der Waals surface area (Å²) in [5.41, 5.74) is 0.765. The normalized spacial score (nSPS) is 21.1. The molecule has 35 heavy (non-hydrogen) atoms. The van der Waals surface area contributed by atoms with Crippen LogP contribution in [0.15, 0.2) is 24.5 Å². The summed E-state index contributed by atoms with van der Waals surface area (Å²) in [6, 6.07) is 3.05. The van der Waals surface area contributed by atoms with Gasteiger partial charge in [0.2, 0.25) is 17.7 Å². The summed E-state index contributed by atoms with van der Waals surface area (Å²) in [5, 5.41) is 17.5. The number of hydrogen-bond acceptors (Lipinski definition) is 7. The Morgan fingerprint density at radius 2 is 2.00 bits per heavy atom. The number of nitrogens with one attached hydrogen (secondary N) is 3. The van der Waals surface area contributed by atoms with E-state index in [0.717, 1.165) is 5.56 Å². The van der Waals surface area contributed by atoms with Crippen molar-refractivity contribution in [2.24, 2.45) is 11.8 Å². The Hall–Kier alpha value is -3.68. The Bertz CT molecular complexity index is 963. The maximum Gasteiger partial charge on any atom is 0.408 e. The van der Waals surface area contributed by atoms with Gasteiger partial charge in [0.05, 0.1) is 6.07 Å². The van der Waals surface area contributed by atoms with Gasteiger partial charge >= 0.3 is 6.09 Å². The van der Waals surface area contributed by atoms with Crippen LogP contribution >= 0.6 is 0 Å². The smallest absolute Gasteiger partial charge is 0.408 e. The summed E-state index contributed by atoms with van der Waals surface area (Å²) in [5.74, 6) is -1.47. The second kappa shape index (κ2) is 12.1. The monoisotopic (exact) mass is 484 g/mol. The van der Waals surface area contributed by atoms with Gasteiger partial charge in [-0.25, -0.2) is 4.79 Å². The molecule has 0 bridgehead atoms. The van der Waals surface area contributed by atoms with Crippen molar-refractivity contribution in [1.29, 1.82) is 5.26 Å². The highest BCUT2D eigenvalue weighted by atomic mass is 16.5. The maximum absolute atomic E-state index is 13.3. The molecule has 0 spiro atoms. The molecule has 1 aromatic heterocycles. The summed E-state index contributed by atoms with van der Waals surface area (Å²) in [6.45, 7) is 4.58. The SMILES string of the molecule is CC(C)[C@H](NC(=O)OCc1ccncc1)C(=O)N1CCC[C@H]1C(=O)N[C@H](C#N)C[C@@H]1CCNC1=O. The molecule has 11 heteroatoms. The van der Waals surface area contributed by atoms with E-state index >= 15 is 0 Å². The number of alkyl carbamates (subject to hydrolysis) is 1. The van der Waals surface area contributed by atoms with Gasteiger partial charge in [0.25, 0.3) is 0 Å². The lowest BCUT2D eigenvalue weighted by molar-refractivity contribution is -0.141. The van der Waals surface area contributed by atoms with Gasteiger partial charge in [0, 0.05) is 31.4 Å². The summed E-state index contributed by atoms with van der Waals surface area (Å²) >= 11 is 0. The van der Waals surface area contributed by atoms with Crippen molar-refractivity contribution in [1.82, 2.24) is 25.8 Å². The van der Waals surface area contributed by atoms with Crippen LogP contribution in [0.25, 0.3) is 0 Å². The Balaban J connectivity index is 1.58. The third-order valence-corrected chi connectivity index (χ3v) is 6.32. The summed E-state index contributed by atoms with van der Waals surface area (Å²) in [4.78, 5) is 55.9. The molecule has 0 aliphatic carbocycles. The lowest BCUT2D eigenvalue weighted by Crippen LogP contribution is -2.56. The van der Waals surface area contributed by atoms with E-state index in [4.69, 9.17) is 4.74 Å². The lowest BCUT2D eigenvalue weighted by Gasteiger charge is -2.30. The van der Waals surface area contributed by atoms with Gasteiger partial charge in [-0.3, -0.25) is 19.4 Å². The molecule has 4 atom stereocenters. The standard InChI is InChI=1S/C24H32N6O5/c1-15(2)20(29-24(34)35-14-16-5-8-26-9-6-16)23(33)30-11-3-4-19(30)22(32)28-18(13-25)12-17-7-10-27-21(17)31/h5-6,8-9,15,17-20H,3-4,7,10-12,14H2,1-2H3,(H,27,31)(H,28,32)(H,29,34)/t17-,18-,19-,20-/m0/s1. The first kappa shape index (κ1) is 25.9. The van der Waals surface area contributed by atoms with Gasteiger partial charge in [-0.2, -0.15) is 5.26 Å². The third-order valence-electron chi connectivity index (χ3n) is 6.32. The number of carbonyl (C=O) groups excluding carboxylic acids is 4. The highest BCUT2D eigenvalue weighted by molar-refractivity contribution is 5.92. The fraction of sp³-hybridized carbons (Fsp3) is 0.583. The van der Waals surface area contributed by atoms with Crippen LogP contribution in [0.3, 0.4) is 0 Å². The molecule has 0 aromatic carbocycles. The minimum absolute atomic E-state index is 0.0384. The van der Waals surface area contributed by atoms with Gasteiger partial charge in [0.15, 0.2) is 0 Å². The van der Waals surface area contributed by atoms with Crippen LogP contribution in [0, 0.1) is 23.2 Å². The summed E-state index contributed by atoms with van der Waals surface area (Å²) < 4.78 is 5.24. The van der Waals surface area contributed by atoms with Crippen LogP contribution < -0.4 is 16.0 Å². The van der Waals surface area contributed by atoms with Crippen molar-refractivity contribution in [3.05, 3.63) is 30.1 Å². The quantitative estimate of drug-likeness (QED) is 0.470. The molecule has 11 nitrogen and oxygen atoms in total. The largest absolute Gasteiger partial charge is 0.445 e. The zero-order valence-corrected chi connectivity index (χ0v) is 20.0. The molecule has 3 heterocycles. The molecule has 3 rings (SSSR count). The van der Waals surface area contributed by atoms with E-state index in [0.29, 0.717) is 32.4 Å². The van der Waals surface area contributed by atoms with Crippen LogP contribution in [-0.2, 0) is 25.7 Å². The summed E-state index contributed by atoms with van der Waals surface area (Å²) in [6.07, 6.45) is 4.40. The molecule has 2 fully saturated rings. The zero-order chi connectivity index (χ0) is 25.4. The molecular weight excluding hydrogens is 452 g/mol. The van der Waals surface area contributed by atoms with Crippen molar-refractivity contribution < 1.29 is 23.9 Å². The third kappa shape index (κ3) is 6.91. The van der Waals surface area contributed by atoms with Crippen molar-refractivity contribution in [2.45, 2.75) is 64.3 Å². The number of nitriles is 1. The van der Waals surface area contributed by atoms with Crippen molar-refractivity contribution in [2.75, 3.05) is 13.1 Å². The molecule has 1 aromatic rings. The fourth-order valence-corrected chi connectivity index (χ4v) is 4.36. The minimum Gasteiger partial charge on any atom is -0.445 e. The first-order valence-corrected chi connectivity index (χ1v) is 11.9. The highest BCUT2D eigenvalue weighted by Gasteiger charge is 2.39. The van der Waals surface area contributed by atoms with Gasteiger partial charge in [-0.1, -0.05) is 13.8 Å². The minimum atomic E-state index is -0.873. The van der Waals surface area contributed by atoms with E-state index in [1.54, 1.807) is 38.4 Å². The molecule has 2 aliphatic rings. The molecule has 2 saturated heterocycles. The fourth-order valence-electron chi connectivity index (χ4n) is 4.36. The molecule has 4 amide bonds. The van der Waals surface area contributed by atoms with Crippen LogP contribution in [-0.4, -0.2) is 64.9 Å². The molecule has 188 valence electrons. The second-order valence-corrected chi connectivity index (χ2v) is 9.19. The predicted molar refractivity (Wildman–Crippen MR) is 124 cm³/mol. The Morgan fingerprint density at radius 1 is 1.26 bits per heavy atom. The number of hydrogen-bond donors (Lipinski definition) is 3. The number of rotatable bonds is 9. The average molecular weight is 485 g/mol. The van der Waals surface area contributed by atoms with Crippen molar-refractivity contribution >= 4 is 23.8 Å². The zero-order valence-electron chi connectivity index (χ0n) is 20.0. The summed E-state index contributed by atoms with van der Waals surface area (Å²) in [7, 11) is 0. The number of likely N-dealkylation sites (tertiary alicyclic amines) is 1. The van der Waals surface area contributed by atoms with Crippen LogP contribution in [0.1, 0.15) is 45.1 Å². The average Bonchev–Trinajstić information content (AvgIpc) is 3.50. The number of pyridine rings is 1. The molecule has 2 aliphatic heterocycles. The van der Waals surface area contributed by atoms with E-state index in [9.17, 15) is 24.4 Å². The van der Waals surface area contributed by atoms with Gasteiger partial charge in [-0.15, -0.1) is 0 Å². The van der Waals surface area contributed by atoms with Crippen LogP contribution in [0.5, 0.6) is 0 Å². The van der Waals surface area contributed by atoms with E-state index < -0.39 is 30.1 Å². The van der Waals surface area contributed by atoms with E-state index in [1.165, 1.54) is 4.90 Å². The van der Waals surface area contributed by atoms with E-state index in [1.807, 2.05) is 6.07 Å². The molecule has 0 unspecified atom stereocenters. The van der Waals surface area contributed by atoms with E-state index in [2.05, 4.69) is 20.9 Å². The lowest BCUT2D eigenvalue weighted by atomic mass is 9.98. The number of amides is 4.